The number of methoxy groups -OCH3 is 1. The van der Waals surface area contributed by atoms with Crippen molar-refractivity contribution < 1.29 is 21.3 Å². The van der Waals surface area contributed by atoms with E-state index >= 15 is 0 Å². The summed E-state index contributed by atoms with van der Waals surface area (Å²) in [4.78, 5) is 0. The summed E-state index contributed by atoms with van der Waals surface area (Å²) in [6.07, 6.45) is 0.739. The molecule has 1 heterocycles. The predicted molar refractivity (Wildman–Crippen MR) is 64.7 cm³/mol. The van der Waals surface area contributed by atoms with Crippen molar-refractivity contribution in [3.63, 3.8) is 0 Å². The summed E-state index contributed by atoms with van der Waals surface area (Å²) in [7, 11) is -2.37. The first kappa shape index (κ1) is 11.8. The van der Waals surface area contributed by atoms with Gasteiger partial charge in [-0.15, -0.1) is 0 Å². The van der Waals surface area contributed by atoms with Gasteiger partial charge in [0, 0.05) is 20.1 Å². The van der Waals surface area contributed by atoms with E-state index in [0.717, 1.165) is 6.42 Å². The monoisotopic (exact) mass is 264 g/mol. The molecule has 0 spiro atoms. The minimum absolute atomic E-state index is 0.0658. The van der Waals surface area contributed by atoms with Crippen LogP contribution in [0.3, 0.4) is 0 Å². The molecule has 5 atom stereocenters. The Balaban J connectivity index is 2.34. The molecule has 1 saturated heterocycles. The molecule has 2 unspecified atom stereocenters. The van der Waals surface area contributed by atoms with E-state index in [9.17, 15) is 0 Å². The zero-order valence-corrected chi connectivity index (χ0v) is 11.1. The highest BCUT2D eigenvalue weighted by atomic mass is 31.2. The summed E-state index contributed by atoms with van der Waals surface area (Å²) in [5.74, 6) is 0. The van der Waals surface area contributed by atoms with Gasteiger partial charge in [0.25, 0.3) is 0 Å². The Kier molecular flexibility index (Phi) is 5.54. The molecule has 98 valence electrons. The van der Waals surface area contributed by atoms with E-state index in [4.69, 9.17) is 26.5 Å². The van der Waals surface area contributed by atoms with Gasteiger partial charge in [0.05, 0.1) is 40.7 Å². The molecular weight excluding hydrogens is 241 g/mol. The normalized spacial score (nSPS) is 33.6. The average Bonchev–Trinajstić information content (AvgIpc) is 2.67. The average molecular weight is 264 g/mol. The molecule has 1 rings (SSSR count). The molecule has 1 aliphatic rings. The van der Waals surface area contributed by atoms with Crippen molar-refractivity contribution in [2.24, 2.45) is 0 Å². The molecule has 1 aliphatic heterocycles. The molecule has 1 fully saturated rings. The standard InChI is InChI=1S/C11H20NO4P/c1-9-7-10(11(15-9)8-13-2)16-17(3)14-6-4-5-12/h9-11H,4,6-8H2,1-3H3/t9-,10+,11+,17?/m0/s1/i2TD/t2?,9-,10+,11+,17?. The number of hydrogen-bond acceptors (Lipinski definition) is 5. The number of ether oxygens (including phenoxy) is 2. The first-order valence-corrected chi connectivity index (χ1v) is 7.17. The second-order valence-corrected chi connectivity index (χ2v) is 5.23. The van der Waals surface area contributed by atoms with Crippen LogP contribution < -0.4 is 0 Å². The third-order valence-electron chi connectivity index (χ3n) is 2.42. The maximum absolute atomic E-state index is 8.43. The second kappa shape index (κ2) is 7.97. The fourth-order valence-electron chi connectivity index (χ4n) is 1.71. The molecular formula is C11H20NO4P. The number of rotatable bonds is 7. The summed E-state index contributed by atoms with van der Waals surface area (Å²) in [5, 5.41) is 8.43. The van der Waals surface area contributed by atoms with Crippen molar-refractivity contribution in [2.45, 2.75) is 38.1 Å². The Morgan fingerprint density at radius 1 is 1.76 bits per heavy atom. The summed E-state index contributed by atoms with van der Waals surface area (Å²) in [6.45, 7) is 4.33. The Bertz CT molecular complexity index is 303. The van der Waals surface area contributed by atoms with Crippen molar-refractivity contribution in [2.75, 3.05) is 26.9 Å². The van der Waals surface area contributed by atoms with Crippen LogP contribution in [0, 0.1) is 11.3 Å². The second-order valence-electron chi connectivity index (χ2n) is 3.88. The third kappa shape index (κ3) is 5.29. The van der Waals surface area contributed by atoms with Gasteiger partial charge in [-0.3, -0.25) is 0 Å². The third-order valence-corrected chi connectivity index (χ3v) is 3.53. The Morgan fingerprint density at radius 2 is 2.59 bits per heavy atom. The molecule has 0 aromatic heterocycles. The van der Waals surface area contributed by atoms with Crippen LogP contribution >= 0.6 is 8.38 Å². The van der Waals surface area contributed by atoms with E-state index in [1.54, 1.807) is 0 Å². The van der Waals surface area contributed by atoms with Crippen LogP contribution in [0.25, 0.3) is 0 Å². The van der Waals surface area contributed by atoms with Gasteiger partial charge < -0.3 is 18.5 Å². The van der Waals surface area contributed by atoms with E-state index in [2.05, 4.69) is 0 Å². The van der Waals surface area contributed by atoms with E-state index < -0.39 is 15.4 Å². The van der Waals surface area contributed by atoms with Gasteiger partial charge in [0.15, 0.2) is 8.38 Å². The summed E-state index contributed by atoms with van der Waals surface area (Å²) < 4.78 is 35.8. The van der Waals surface area contributed by atoms with Gasteiger partial charge in [0.1, 0.15) is 6.10 Å². The molecule has 0 aromatic carbocycles. The van der Waals surface area contributed by atoms with Crippen molar-refractivity contribution in [1.82, 2.24) is 0 Å². The molecule has 0 N–H and O–H groups in total. The topological polar surface area (TPSA) is 60.7 Å². The lowest BCUT2D eigenvalue weighted by Gasteiger charge is -2.21. The zero-order chi connectivity index (χ0) is 14.3. The predicted octanol–water partition coefficient (Wildman–Crippen LogP) is 2.07. The van der Waals surface area contributed by atoms with Crippen LogP contribution in [0.4, 0.5) is 0 Å². The van der Waals surface area contributed by atoms with Crippen LogP contribution in [0.2, 0.25) is 0 Å². The van der Waals surface area contributed by atoms with E-state index in [0.29, 0.717) is 13.0 Å². The summed E-state index contributed by atoms with van der Waals surface area (Å²) >= 11 is 0. The van der Waals surface area contributed by atoms with Gasteiger partial charge in [-0.25, -0.2) is 0 Å². The molecule has 0 radical (unpaired) electrons. The Morgan fingerprint density at radius 3 is 3.29 bits per heavy atom. The largest absolute Gasteiger partial charge is 0.382 e. The van der Waals surface area contributed by atoms with Gasteiger partial charge in [-0.05, 0) is 6.92 Å². The lowest BCUT2D eigenvalue weighted by molar-refractivity contribution is -0.0233. The van der Waals surface area contributed by atoms with Gasteiger partial charge in [-0.1, -0.05) is 0 Å². The SMILES string of the molecule is [2H]C([3H])OC[C@H]1O[C@@H](C)C[C@H]1OP(C)OCCC#N. The lowest BCUT2D eigenvalue weighted by atomic mass is 10.1. The highest BCUT2D eigenvalue weighted by Crippen LogP contribution is 2.39. The number of nitriles is 1. The van der Waals surface area contributed by atoms with E-state index in [1.807, 2.05) is 19.7 Å². The molecule has 5 nitrogen and oxygen atoms in total. The smallest absolute Gasteiger partial charge is 0.167 e. The van der Waals surface area contributed by atoms with Crippen LogP contribution in [-0.4, -0.2) is 45.3 Å². The van der Waals surface area contributed by atoms with Gasteiger partial charge >= 0.3 is 0 Å². The highest BCUT2D eigenvalue weighted by Gasteiger charge is 2.35. The zero-order valence-electron chi connectivity index (χ0n) is 12.2. The van der Waals surface area contributed by atoms with E-state index in [1.165, 1.54) is 0 Å². The molecule has 0 bridgehead atoms. The first-order chi connectivity index (χ1) is 9.02. The lowest BCUT2D eigenvalue weighted by Crippen LogP contribution is -2.27. The van der Waals surface area contributed by atoms with Crippen LogP contribution in [-0.2, 0) is 18.5 Å². The highest BCUT2D eigenvalue weighted by molar-refractivity contribution is 7.46. The minimum atomic E-state index is -1.31. The number of hydrogen-bond donors (Lipinski definition) is 0. The van der Waals surface area contributed by atoms with Crippen LogP contribution in [0.5, 0.6) is 0 Å². The maximum Gasteiger partial charge on any atom is 0.167 e. The summed E-state index contributed by atoms with van der Waals surface area (Å²) in [6, 6.07) is 2.01. The molecule has 0 aromatic rings. The summed E-state index contributed by atoms with van der Waals surface area (Å²) in [5.41, 5.74) is 0. The van der Waals surface area contributed by atoms with Crippen molar-refractivity contribution in [1.29, 1.82) is 5.26 Å². The quantitative estimate of drug-likeness (QED) is 0.520. The van der Waals surface area contributed by atoms with Gasteiger partial charge in [-0.2, -0.15) is 5.26 Å². The van der Waals surface area contributed by atoms with Crippen LogP contribution in [0.15, 0.2) is 0 Å². The van der Waals surface area contributed by atoms with Crippen molar-refractivity contribution >= 4 is 8.38 Å². The number of nitrogens with zero attached hydrogens (tertiary/aromatic N) is 1. The fourth-order valence-corrected chi connectivity index (χ4v) is 2.73. The molecule has 0 saturated carbocycles. The van der Waals surface area contributed by atoms with Gasteiger partial charge in [0.2, 0.25) is 0 Å². The molecule has 6 heteroatoms. The Hall–Kier alpha value is -0.240. The minimum Gasteiger partial charge on any atom is -0.382 e. The van der Waals surface area contributed by atoms with Crippen molar-refractivity contribution in [3.05, 3.63) is 0 Å². The first-order valence-electron chi connectivity index (χ1n) is 6.70. The molecule has 17 heavy (non-hydrogen) atoms. The maximum atomic E-state index is 8.43. The fraction of sp³-hybridized carbons (Fsp3) is 0.909. The van der Waals surface area contributed by atoms with Crippen molar-refractivity contribution in [3.8, 4) is 6.07 Å². The molecule has 0 amide bonds. The van der Waals surface area contributed by atoms with E-state index in [-0.39, 0.29) is 24.9 Å². The molecule has 0 aliphatic carbocycles. The van der Waals surface area contributed by atoms with Crippen LogP contribution in [0.1, 0.15) is 22.5 Å². The Labute approximate surface area is 107 Å².